The summed E-state index contributed by atoms with van der Waals surface area (Å²) in [6, 6.07) is 13.1. The number of halogens is 2. The van der Waals surface area contributed by atoms with Gasteiger partial charge in [-0.05, 0) is 36.4 Å². The van der Waals surface area contributed by atoms with Crippen molar-refractivity contribution in [3.8, 4) is 6.07 Å². The Bertz CT molecular complexity index is 693. The van der Waals surface area contributed by atoms with Crippen LogP contribution in [0.1, 0.15) is 11.1 Å². The van der Waals surface area contributed by atoms with E-state index in [1.807, 2.05) is 6.07 Å². The van der Waals surface area contributed by atoms with Gasteiger partial charge in [-0.15, -0.1) is 11.8 Å². The van der Waals surface area contributed by atoms with Gasteiger partial charge in [0.15, 0.2) is 0 Å². The van der Waals surface area contributed by atoms with E-state index in [2.05, 4.69) is 5.32 Å². The highest BCUT2D eigenvalue weighted by atomic mass is 35.5. The Labute approximate surface area is 137 Å². The highest BCUT2D eigenvalue weighted by Crippen LogP contribution is 2.24. The van der Waals surface area contributed by atoms with E-state index in [1.165, 1.54) is 17.8 Å². The number of amides is 1. The van der Waals surface area contributed by atoms with Gasteiger partial charge in [-0.1, -0.05) is 17.7 Å². The summed E-state index contributed by atoms with van der Waals surface area (Å²) in [7, 11) is 0. The molecule has 0 atom stereocenters. The molecule has 1 N–H and O–H groups in total. The Morgan fingerprint density at radius 1 is 1.27 bits per heavy atom. The van der Waals surface area contributed by atoms with Crippen LogP contribution in [-0.4, -0.2) is 11.7 Å². The predicted octanol–water partition coefficient (Wildman–Crippen LogP) is 4.22. The third-order valence-corrected chi connectivity index (χ3v) is 4.15. The van der Waals surface area contributed by atoms with Gasteiger partial charge < -0.3 is 5.32 Å². The molecule has 2 aromatic rings. The van der Waals surface area contributed by atoms with E-state index in [1.54, 1.807) is 36.4 Å². The van der Waals surface area contributed by atoms with Crippen LogP contribution < -0.4 is 5.32 Å². The monoisotopic (exact) mass is 334 g/mol. The van der Waals surface area contributed by atoms with Gasteiger partial charge in [0.05, 0.1) is 17.4 Å². The first-order chi connectivity index (χ1) is 10.6. The molecule has 0 aliphatic carbocycles. The SMILES string of the molecule is N#Cc1ccc(NC(=O)CSCc2c(F)cccc2Cl)cc1. The van der Waals surface area contributed by atoms with Crippen LogP contribution in [0.3, 0.4) is 0 Å². The van der Waals surface area contributed by atoms with Gasteiger partial charge in [-0.2, -0.15) is 5.26 Å². The lowest BCUT2D eigenvalue weighted by Gasteiger charge is -2.07. The van der Waals surface area contributed by atoms with Crippen LogP contribution in [0.5, 0.6) is 0 Å². The van der Waals surface area contributed by atoms with Crippen molar-refractivity contribution in [3.63, 3.8) is 0 Å². The van der Waals surface area contributed by atoms with Crippen LogP contribution in [0.15, 0.2) is 42.5 Å². The predicted molar refractivity (Wildman–Crippen MR) is 87.4 cm³/mol. The summed E-state index contributed by atoms with van der Waals surface area (Å²) >= 11 is 7.20. The molecule has 0 radical (unpaired) electrons. The number of hydrogen-bond donors (Lipinski definition) is 1. The number of rotatable bonds is 5. The molecule has 2 aromatic carbocycles. The Morgan fingerprint density at radius 2 is 2.00 bits per heavy atom. The van der Waals surface area contributed by atoms with Crippen LogP contribution in [-0.2, 0) is 10.5 Å². The van der Waals surface area contributed by atoms with Crippen molar-refractivity contribution in [1.29, 1.82) is 5.26 Å². The molecule has 0 spiro atoms. The molecule has 112 valence electrons. The smallest absolute Gasteiger partial charge is 0.234 e. The lowest BCUT2D eigenvalue weighted by Crippen LogP contribution is -2.14. The third-order valence-electron chi connectivity index (χ3n) is 2.84. The van der Waals surface area contributed by atoms with E-state index in [0.717, 1.165) is 0 Å². The maximum atomic E-state index is 13.6. The standard InChI is InChI=1S/C16H12ClFN2OS/c17-14-2-1-3-15(18)13(14)9-22-10-16(21)20-12-6-4-11(8-19)5-7-12/h1-7H,9-10H2,(H,20,21). The van der Waals surface area contributed by atoms with Crippen molar-refractivity contribution >= 4 is 35.0 Å². The van der Waals surface area contributed by atoms with Gasteiger partial charge in [0.1, 0.15) is 5.82 Å². The molecular weight excluding hydrogens is 323 g/mol. The number of benzene rings is 2. The molecule has 2 rings (SSSR count). The molecule has 0 bridgehead atoms. The third kappa shape index (κ3) is 4.48. The van der Waals surface area contributed by atoms with E-state index in [-0.39, 0.29) is 17.5 Å². The Hall–Kier alpha value is -2.03. The topological polar surface area (TPSA) is 52.9 Å². The quantitative estimate of drug-likeness (QED) is 0.890. The highest BCUT2D eigenvalue weighted by Gasteiger charge is 2.09. The Morgan fingerprint density at radius 3 is 2.64 bits per heavy atom. The Kier molecular flexibility index (Phi) is 5.82. The summed E-state index contributed by atoms with van der Waals surface area (Å²) in [6.07, 6.45) is 0. The molecule has 0 saturated carbocycles. The zero-order chi connectivity index (χ0) is 15.9. The Balaban J connectivity index is 1.84. The van der Waals surface area contributed by atoms with Crippen molar-refractivity contribution < 1.29 is 9.18 Å². The zero-order valence-electron chi connectivity index (χ0n) is 11.5. The average molecular weight is 335 g/mol. The summed E-state index contributed by atoms with van der Waals surface area (Å²) in [4.78, 5) is 11.8. The number of carbonyl (C=O) groups excluding carboxylic acids is 1. The van der Waals surface area contributed by atoms with Crippen LogP contribution >= 0.6 is 23.4 Å². The fraction of sp³-hybridized carbons (Fsp3) is 0.125. The van der Waals surface area contributed by atoms with Gasteiger partial charge in [0.25, 0.3) is 0 Å². The summed E-state index contributed by atoms with van der Waals surface area (Å²) < 4.78 is 13.6. The highest BCUT2D eigenvalue weighted by molar-refractivity contribution is 7.99. The second-order valence-corrected chi connectivity index (χ2v) is 5.82. The fourth-order valence-electron chi connectivity index (χ4n) is 1.74. The van der Waals surface area contributed by atoms with E-state index < -0.39 is 0 Å². The molecule has 6 heteroatoms. The van der Waals surface area contributed by atoms with Crippen molar-refractivity contribution in [2.75, 3.05) is 11.1 Å². The molecule has 0 heterocycles. The van der Waals surface area contributed by atoms with Crippen LogP contribution in [0.25, 0.3) is 0 Å². The number of thioether (sulfide) groups is 1. The summed E-state index contributed by atoms with van der Waals surface area (Å²) in [6.45, 7) is 0. The lowest BCUT2D eigenvalue weighted by atomic mass is 10.2. The maximum Gasteiger partial charge on any atom is 0.234 e. The summed E-state index contributed by atoms with van der Waals surface area (Å²) in [5.74, 6) is -0.0496. The second-order valence-electron chi connectivity index (χ2n) is 4.43. The van der Waals surface area contributed by atoms with E-state index in [4.69, 9.17) is 16.9 Å². The first-order valence-electron chi connectivity index (χ1n) is 6.41. The summed E-state index contributed by atoms with van der Waals surface area (Å²) in [5, 5.41) is 11.8. The van der Waals surface area contributed by atoms with Crippen molar-refractivity contribution in [2.45, 2.75) is 5.75 Å². The number of nitriles is 1. The van der Waals surface area contributed by atoms with Gasteiger partial charge in [0, 0.05) is 22.0 Å². The molecular formula is C16H12ClFN2OS. The van der Waals surface area contributed by atoms with Crippen LogP contribution in [0, 0.1) is 17.1 Å². The molecule has 0 aromatic heterocycles. The maximum absolute atomic E-state index is 13.6. The summed E-state index contributed by atoms with van der Waals surface area (Å²) in [5.41, 5.74) is 1.55. The van der Waals surface area contributed by atoms with E-state index >= 15 is 0 Å². The minimum Gasteiger partial charge on any atom is -0.325 e. The van der Waals surface area contributed by atoms with Gasteiger partial charge in [-0.25, -0.2) is 4.39 Å². The number of carbonyl (C=O) groups is 1. The number of nitrogens with zero attached hydrogens (tertiary/aromatic N) is 1. The molecule has 0 saturated heterocycles. The number of anilines is 1. The number of hydrogen-bond acceptors (Lipinski definition) is 3. The molecule has 22 heavy (non-hydrogen) atoms. The minimum absolute atomic E-state index is 0.185. The van der Waals surface area contributed by atoms with E-state index in [0.29, 0.717) is 27.6 Å². The molecule has 3 nitrogen and oxygen atoms in total. The largest absolute Gasteiger partial charge is 0.325 e. The molecule has 0 aliphatic rings. The minimum atomic E-state index is -0.368. The second kappa shape index (κ2) is 7.83. The zero-order valence-corrected chi connectivity index (χ0v) is 13.0. The normalized spacial score (nSPS) is 10.0. The molecule has 0 aliphatic heterocycles. The van der Waals surface area contributed by atoms with Crippen LogP contribution in [0.4, 0.5) is 10.1 Å². The first kappa shape index (κ1) is 16.3. The van der Waals surface area contributed by atoms with E-state index in [9.17, 15) is 9.18 Å². The molecule has 0 unspecified atom stereocenters. The first-order valence-corrected chi connectivity index (χ1v) is 7.94. The van der Waals surface area contributed by atoms with Gasteiger partial charge >= 0.3 is 0 Å². The van der Waals surface area contributed by atoms with Gasteiger partial charge in [-0.3, -0.25) is 4.79 Å². The van der Waals surface area contributed by atoms with Crippen LogP contribution in [0.2, 0.25) is 5.02 Å². The molecule has 1 amide bonds. The van der Waals surface area contributed by atoms with Crippen molar-refractivity contribution in [3.05, 3.63) is 64.4 Å². The fourth-order valence-corrected chi connectivity index (χ4v) is 2.91. The number of nitrogens with one attached hydrogen (secondary N) is 1. The average Bonchev–Trinajstić information content (AvgIpc) is 2.51. The van der Waals surface area contributed by atoms with Gasteiger partial charge in [0.2, 0.25) is 5.91 Å². The van der Waals surface area contributed by atoms with Crippen molar-refractivity contribution in [2.24, 2.45) is 0 Å². The molecule has 0 fully saturated rings. The van der Waals surface area contributed by atoms with Crippen molar-refractivity contribution in [1.82, 2.24) is 0 Å². The lowest BCUT2D eigenvalue weighted by molar-refractivity contribution is -0.113.